The Morgan fingerprint density at radius 1 is 1.37 bits per heavy atom. The summed E-state index contributed by atoms with van der Waals surface area (Å²) in [7, 11) is 0. The molecule has 1 fully saturated rings. The van der Waals surface area contributed by atoms with Gasteiger partial charge in [0.2, 0.25) is 5.91 Å². The van der Waals surface area contributed by atoms with Crippen LogP contribution in [-0.4, -0.2) is 39.1 Å². The van der Waals surface area contributed by atoms with Crippen LogP contribution in [-0.2, 0) is 11.0 Å². The number of aromatic nitrogens is 2. The van der Waals surface area contributed by atoms with Crippen LogP contribution in [0, 0.1) is 0 Å². The maximum Gasteiger partial charge on any atom is 0.433 e. The van der Waals surface area contributed by atoms with Crippen LogP contribution in [0.1, 0.15) is 38.3 Å². The van der Waals surface area contributed by atoms with E-state index in [0.29, 0.717) is 11.4 Å². The van der Waals surface area contributed by atoms with Crippen LogP contribution in [0.25, 0.3) is 10.6 Å². The average Bonchev–Trinajstić information content (AvgIpc) is 3.20. The normalized spacial score (nSPS) is 17.9. The lowest BCUT2D eigenvalue weighted by Crippen LogP contribution is -2.44. The molecular formula is C18H20F3N3OS2. The average molecular weight is 416 g/mol. The van der Waals surface area contributed by atoms with Crippen molar-refractivity contribution in [3.05, 3.63) is 29.3 Å². The van der Waals surface area contributed by atoms with Gasteiger partial charge >= 0.3 is 6.18 Å². The molecule has 0 unspecified atom stereocenters. The summed E-state index contributed by atoms with van der Waals surface area (Å²) in [6, 6.07) is 4.64. The fourth-order valence-corrected chi connectivity index (χ4v) is 4.58. The van der Waals surface area contributed by atoms with Crippen LogP contribution >= 0.6 is 23.1 Å². The molecule has 3 heterocycles. The summed E-state index contributed by atoms with van der Waals surface area (Å²) in [4.78, 5) is 22.9. The summed E-state index contributed by atoms with van der Waals surface area (Å²) in [6.07, 6.45) is -0.616. The van der Waals surface area contributed by atoms with Crippen LogP contribution in [0.4, 0.5) is 13.2 Å². The molecule has 2 aromatic rings. The number of carbonyl (C=O) groups is 1. The molecule has 0 N–H and O–H groups in total. The van der Waals surface area contributed by atoms with Gasteiger partial charge in [0.25, 0.3) is 0 Å². The number of likely N-dealkylation sites (tertiary alicyclic amines) is 1. The summed E-state index contributed by atoms with van der Waals surface area (Å²) < 4.78 is 39.6. The van der Waals surface area contributed by atoms with Gasteiger partial charge in [-0.05, 0) is 43.2 Å². The number of rotatable bonds is 5. The maximum absolute atomic E-state index is 13.2. The molecule has 4 nitrogen and oxygen atoms in total. The second-order valence-electron chi connectivity index (χ2n) is 6.33. The first kappa shape index (κ1) is 20.1. The molecule has 0 spiro atoms. The van der Waals surface area contributed by atoms with E-state index in [9.17, 15) is 18.0 Å². The molecule has 1 aliphatic heterocycles. The van der Waals surface area contributed by atoms with Gasteiger partial charge in [0, 0.05) is 12.6 Å². The van der Waals surface area contributed by atoms with E-state index in [0.717, 1.165) is 43.5 Å². The lowest BCUT2D eigenvalue weighted by Gasteiger charge is -2.35. The highest BCUT2D eigenvalue weighted by Gasteiger charge is 2.34. The first-order valence-electron chi connectivity index (χ1n) is 8.81. The van der Waals surface area contributed by atoms with E-state index in [-0.39, 0.29) is 28.6 Å². The summed E-state index contributed by atoms with van der Waals surface area (Å²) in [6.45, 7) is 2.76. The van der Waals surface area contributed by atoms with Gasteiger partial charge in [0.1, 0.15) is 5.69 Å². The van der Waals surface area contributed by atoms with Crippen molar-refractivity contribution in [3.8, 4) is 10.6 Å². The Hall–Kier alpha value is -1.61. The predicted molar refractivity (Wildman–Crippen MR) is 101 cm³/mol. The Labute approximate surface area is 164 Å². The molecular weight excluding hydrogens is 395 g/mol. The third-order valence-electron chi connectivity index (χ3n) is 4.51. The number of hydrogen-bond donors (Lipinski definition) is 0. The van der Waals surface area contributed by atoms with Gasteiger partial charge in [-0.2, -0.15) is 13.2 Å². The first-order valence-corrected chi connectivity index (χ1v) is 10.7. The molecule has 0 aromatic carbocycles. The largest absolute Gasteiger partial charge is 0.433 e. The zero-order valence-corrected chi connectivity index (χ0v) is 16.5. The first-order chi connectivity index (χ1) is 12.9. The fourth-order valence-electron chi connectivity index (χ4n) is 3.15. The van der Waals surface area contributed by atoms with Crippen molar-refractivity contribution >= 4 is 29.0 Å². The molecule has 9 heteroatoms. The molecule has 1 atom stereocenters. The van der Waals surface area contributed by atoms with Crippen molar-refractivity contribution in [2.75, 3.05) is 12.3 Å². The Kier molecular flexibility index (Phi) is 6.41. The van der Waals surface area contributed by atoms with Crippen molar-refractivity contribution in [2.24, 2.45) is 0 Å². The van der Waals surface area contributed by atoms with Crippen molar-refractivity contribution in [3.63, 3.8) is 0 Å². The topological polar surface area (TPSA) is 46.1 Å². The lowest BCUT2D eigenvalue weighted by atomic mass is 10.0. The van der Waals surface area contributed by atoms with E-state index in [4.69, 9.17) is 0 Å². The Bertz CT molecular complexity index is 781. The van der Waals surface area contributed by atoms with Crippen LogP contribution in [0.15, 0.2) is 28.7 Å². The maximum atomic E-state index is 13.2. The molecule has 3 rings (SSSR count). The molecule has 0 aliphatic carbocycles. The van der Waals surface area contributed by atoms with Crippen molar-refractivity contribution in [2.45, 2.75) is 50.0 Å². The minimum atomic E-state index is -4.56. The Morgan fingerprint density at radius 3 is 2.85 bits per heavy atom. The zero-order valence-electron chi connectivity index (χ0n) is 14.8. The summed E-state index contributed by atoms with van der Waals surface area (Å²) in [5.74, 6) is -0.0213. The molecule has 2 aromatic heterocycles. The predicted octanol–water partition coefficient (Wildman–Crippen LogP) is 5.11. The van der Waals surface area contributed by atoms with E-state index >= 15 is 0 Å². The highest BCUT2D eigenvalue weighted by atomic mass is 32.2. The fraction of sp³-hybridized carbons (Fsp3) is 0.500. The molecule has 0 saturated carbocycles. The van der Waals surface area contributed by atoms with Gasteiger partial charge < -0.3 is 4.90 Å². The van der Waals surface area contributed by atoms with E-state index in [1.807, 2.05) is 11.8 Å². The second-order valence-corrected chi connectivity index (χ2v) is 8.22. The van der Waals surface area contributed by atoms with Crippen LogP contribution < -0.4 is 0 Å². The van der Waals surface area contributed by atoms with Crippen molar-refractivity contribution < 1.29 is 18.0 Å². The number of thioether (sulfide) groups is 1. The van der Waals surface area contributed by atoms with Gasteiger partial charge in [-0.3, -0.25) is 4.79 Å². The smallest absolute Gasteiger partial charge is 0.339 e. The summed E-state index contributed by atoms with van der Waals surface area (Å²) in [5, 5.41) is 1.76. The number of carbonyl (C=O) groups excluding carboxylic acids is 1. The molecule has 1 saturated heterocycles. The van der Waals surface area contributed by atoms with Crippen LogP contribution in [0.2, 0.25) is 0 Å². The monoisotopic (exact) mass is 415 g/mol. The number of alkyl halides is 3. The summed E-state index contributed by atoms with van der Waals surface area (Å²) in [5.41, 5.74) is -0.757. The number of hydrogen-bond acceptors (Lipinski definition) is 5. The quantitative estimate of drug-likeness (QED) is 0.503. The third kappa shape index (κ3) is 5.01. The van der Waals surface area contributed by atoms with Crippen LogP contribution in [0.3, 0.4) is 0 Å². The minimum Gasteiger partial charge on any atom is -0.339 e. The molecule has 0 radical (unpaired) electrons. The number of piperidine rings is 1. The SMILES string of the molecule is CC[C@H]1CCCCN1C(=O)CSc1nc(-c2cccs2)cc(C(F)(F)F)n1. The second kappa shape index (κ2) is 8.60. The van der Waals surface area contributed by atoms with Gasteiger partial charge in [0.15, 0.2) is 5.16 Å². The number of amides is 1. The lowest BCUT2D eigenvalue weighted by molar-refractivity contribution is -0.141. The zero-order chi connectivity index (χ0) is 19.4. The number of nitrogens with zero attached hydrogens (tertiary/aromatic N) is 3. The van der Waals surface area contributed by atoms with Crippen molar-refractivity contribution in [1.82, 2.24) is 14.9 Å². The minimum absolute atomic E-state index is 0.0216. The molecule has 1 aliphatic rings. The van der Waals surface area contributed by atoms with E-state index < -0.39 is 11.9 Å². The van der Waals surface area contributed by atoms with Gasteiger partial charge in [-0.15, -0.1) is 11.3 Å². The Morgan fingerprint density at radius 2 is 2.19 bits per heavy atom. The number of halogens is 3. The molecule has 146 valence electrons. The third-order valence-corrected chi connectivity index (χ3v) is 6.24. The van der Waals surface area contributed by atoms with Gasteiger partial charge in [-0.1, -0.05) is 24.8 Å². The van der Waals surface area contributed by atoms with Crippen LogP contribution in [0.5, 0.6) is 0 Å². The molecule has 0 bridgehead atoms. The Balaban J connectivity index is 1.77. The van der Waals surface area contributed by atoms with E-state index in [2.05, 4.69) is 9.97 Å². The van der Waals surface area contributed by atoms with Crippen molar-refractivity contribution in [1.29, 1.82) is 0 Å². The number of thiophene rings is 1. The van der Waals surface area contributed by atoms with Gasteiger partial charge in [0.05, 0.1) is 16.3 Å². The highest BCUT2D eigenvalue weighted by molar-refractivity contribution is 7.99. The summed E-state index contributed by atoms with van der Waals surface area (Å²) >= 11 is 2.28. The van der Waals surface area contributed by atoms with Gasteiger partial charge in [-0.25, -0.2) is 9.97 Å². The molecule has 1 amide bonds. The van der Waals surface area contributed by atoms with E-state index in [1.165, 1.54) is 11.3 Å². The van der Waals surface area contributed by atoms with E-state index in [1.54, 1.807) is 17.5 Å². The highest BCUT2D eigenvalue weighted by Crippen LogP contribution is 2.33. The molecule has 27 heavy (non-hydrogen) atoms. The standard InChI is InChI=1S/C18H20F3N3OS2/c1-2-12-6-3-4-8-24(12)16(25)11-27-17-22-13(14-7-5-9-26-14)10-15(23-17)18(19,20)21/h5,7,9-10,12H,2-4,6,8,11H2,1H3/t12-/m0/s1.